The first-order chi connectivity index (χ1) is 17.0. The second kappa shape index (κ2) is 7.85. The first-order valence-electron chi connectivity index (χ1n) is 13.3. The van der Waals surface area contributed by atoms with Gasteiger partial charge in [-0.2, -0.15) is 5.10 Å². The molecule has 186 valence electrons. The van der Waals surface area contributed by atoms with Crippen molar-refractivity contribution in [2.75, 3.05) is 10.6 Å². The fraction of sp³-hybridized carbons (Fsp3) is 0.654. The van der Waals surface area contributed by atoms with Crippen LogP contribution in [0.4, 0.5) is 11.6 Å². The summed E-state index contributed by atoms with van der Waals surface area (Å²) >= 11 is 0. The molecule has 5 atom stereocenters. The largest absolute Gasteiger partial charge is 0.390 e. The van der Waals surface area contributed by atoms with E-state index in [0.717, 1.165) is 80.4 Å². The van der Waals surface area contributed by atoms with Crippen LogP contribution in [-0.4, -0.2) is 43.3 Å². The number of aliphatic hydroxyl groups is 1. The van der Waals surface area contributed by atoms with Crippen LogP contribution in [0.25, 0.3) is 11.3 Å². The van der Waals surface area contributed by atoms with E-state index in [0.29, 0.717) is 30.1 Å². The van der Waals surface area contributed by atoms with Gasteiger partial charge in [0, 0.05) is 29.9 Å². The molecule has 6 aliphatic rings. The minimum atomic E-state index is -0.651. The summed E-state index contributed by atoms with van der Waals surface area (Å²) in [5.74, 6) is 1.55. The third kappa shape index (κ3) is 3.50. The van der Waals surface area contributed by atoms with E-state index < -0.39 is 17.4 Å². The highest BCUT2D eigenvalue weighted by atomic mass is 16.3. The lowest BCUT2D eigenvalue weighted by atomic mass is 9.52. The van der Waals surface area contributed by atoms with E-state index in [1.54, 1.807) is 0 Å². The number of nitrogens with zero attached hydrogens (tertiary/aromatic N) is 2. The molecular weight excluding hydrogens is 444 g/mol. The molecular formula is C26H34N6O3. The van der Waals surface area contributed by atoms with Crippen molar-refractivity contribution >= 4 is 23.5 Å². The van der Waals surface area contributed by atoms with Gasteiger partial charge in [-0.15, -0.1) is 0 Å². The van der Waals surface area contributed by atoms with E-state index in [1.807, 2.05) is 12.3 Å². The highest BCUT2D eigenvalue weighted by Gasteiger charge is 2.56. The summed E-state index contributed by atoms with van der Waals surface area (Å²) in [6.07, 6.45) is 12.0. The van der Waals surface area contributed by atoms with E-state index in [2.05, 4.69) is 25.6 Å². The van der Waals surface area contributed by atoms with Gasteiger partial charge in [0.25, 0.3) is 0 Å². The summed E-state index contributed by atoms with van der Waals surface area (Å²) < 4.78 is 2.13. The zero-order valence-corrected chi connectivity index (χ0v) is 20.0. The molecule has 4 bridgehead atoms. The number of nitrogens with one attached hydrogen (secondary N) is 4. The van der Waals surface area contributed by atoms with Crippen molar-refractivity contribution in [3.8, 4) is 11.3 Å². The summed E-state index contributed by atoms with van der Waals surface area (Å²) in [7, 11) is 0. The van der Waals surface area contributed by atoms with Crippen LogP contribution in [0.3, 0.4) is 0 Å². The Morgan fingerprint density at radius 2 is 1.86 bits per heavy atom. The van der Waals surface area contributed by atoms with Gasteiger partial charge < -0.3 is 26.0 Å². The number of H-pyrrole nitrogens is 1. The van der Waals surface area contributed by atoms with E-state index in [9.17, 15) is 14.7 Å². The molecule has 2 aromatic rings. The topological polar surface area (TPSA) is 124 Å². The van der Waals surface area contributed by atoms with E-state index in [4.69, 9.17) is 5.10 Å². The van der Waals surface area contributed by atoms with Crippen molar-refractivity contribution in [3.63, 3.8) is 0 Å². The van der Waals surface area contributed by atoms with Gasteiger partial charge in [-0.25, -0.2) is 0 Å². The molecule has 5 N–H and O–H groups in total. The summed E-state index contributed by atoms with van der Waals surface area (Å²) in [4.78, 5) is 28.9. The lowest BCUT2D eigenvalue weighted by molar-refractivity contribution is -0.148. The molecule has 0 saturated heterocycles. The normalized spacial score (nSPS) is 33.1. The summed E-state index contributed by atoms with van der Waals surface area (Å²) in [6.45, 7) is 0.525. The monoisotopic (exact) mass is 478 g/mol. The van der Waals surface area contributed by atoms with Crippen LogP contribution in [0.1, 0.15) is 75.8 Å². The van der Waals surface area contributed by atoms with Gasteiger partial charge in [-0.05, 0) is 68.8 Å². The molecule has 2 aromatic heterocycles. The van der Waals surface area contributed by atoms with Crippen molar-refractivity contribution in [2.45, 2.75) is 88.4 Å². The number of carbonyl (C=O) groups excluding carboxylic acids is 2. The number of rotatable bonds is 3. The van der Waals surface area contributed by atoms with Gasteiger partial charge in [0.1, 0.15) is 5.82 Å². The molecule has 0 aromatic carbocycles. The number of anilines is 2. The number of aromatic amines is 1. The van der Waals surface area contributed by atoms with E-state index in [-0.39, 0.29) is 12.1 Å². The molecule has 3 unspecified atom stereocenters. The van der Waals surface area contributed by atoms with Crippen LogP contribution in [-0.2, 0) is 16.1 Å². The zero-order valence-electron chi connectivity index (χ0n) is 20.0. The van der Waals surface area contributed by atoms with Gasteiger partial charge in [-0.3, -0.25) is 14.3 Å². The van der Waals surface area contributed by atoms with Crippen LogP contribution in [0.15, 0.2) is 12.3 Å². The fourth-order valence-electron chi connectivity index (χ4n) is 8.14. The minimum absolute atomic E-state index is 0.0800. The van der Waals surface area contributed by atoms with Crippen molar-refractivity contribution in [3.05, 3.63) is 17.8 Å². The number of carbonyl (C=O) groups is 2. The highest BCUT2D eigenvalue weighted by Crippen LogP contribution is 2.60. The Bertz CT molecular complexity index is 1160. The Morgan fingerprint density at radius 1 is 1.09 bits per heavy atom. The average Bonchev–Trinajstić information content (AvgIpc) is 3.43. The smallest absolute Gasteiger partial charge is 0.314 e. The Hall–Kier alpha value is -2.81. The van der Waals surface area contributed by atoms with Gasteiger partial charge in [-0.1, -0.05) is 19.3 Å². The number of hydrogen-bond acceptors (Lipinski definition) is 5. The number of amides is 2. The van der Waals surface area contributed by atoms with Crippen molar-refractivity contribution < 1.29 is 14.7 Å². The van der Waals surface area contributed by atoms with Gasteiger partial charge in [0.2, 0.25) is 0 Å². The number of hydrogen-bond donors (Lipinski definition) is 5. The third-order valence-electron chi connectivity index (χ3n) is 9.30. The first-order valence-corrected chi connectivity index (χ1v) is 13.3. The molecule has 9 nitrogen and oxygen atoms in total. The lowest BCUT2D eigenvalue weighted by Crippen LogP contribution is -2.55. The Balaban J connectivity index is 1.21. The predicted molar refractivity (Wildman–Crippen MR) is 131 cm³/mol. The van der Waals surface area contributed by atoms with Crippen molar-refractivity contribution in [1.29, 1.82) is 0 Å². The number of aromatic nitrogens is 3. The molecule has 8 rings (SSSR count). The zero-order chi connectivity index (χ0) is 23.7. The summed E-state index contributed by atoms with van der Waals surface area (Å²) in [6, 6.07) is 2.32. The lowest BCUT2D eigenvalue weighted by Gasteiger charge is -2.58. The minimum Gasteiger partial charge on any atom is -0.390 e. The summed E-state index contributed by atoms with van der Waals surface area (Å²) in [5, 5.41) is 25.2. The van der Waals surface area contributed by atoms with Crippen molar-refractivity contribution in [1.82, 2.24) is 20.1 Å². The quantitative estimate of drug-likeness (QED) is 0.433. The van der Waals surface area contributed by atoms with Gasteiger partial charge in [0.15, 0.2) is 5.82 Å². The highest BCUT2D eigenvalue weighted by molar-refractivity contribution is 6.39. The molecule has 5 aliphatic carbocycles. The van der Waals surface area contributed by atoms with Crippen LogP contribution >= 0.6 is 0 Å². The maximum atomic E-state index is 12.9. The first kappa shape index (κ1) is 21.5. The molecule has 3 heterocycles. The maximum Gasteiger partial charge on any atom is 0.314 e. The molecule has 0 radical (unpaired) electrons. The molecule has 9 heteroatoms. The predicted octanol–water partition coefficient (Wildman–Crippen LogP) is 3.30. The van der Waals surface area contributed by atoms with Crippen LogP contribution in [0.5, 0.6) is 0 Å². The molecule has 0 spiro atoms. The van der Waals surface area contributed by atoms with Crippen LogP contribution in [0, 0.1) is 17.8 Å². The van der Waals surface area contributed by atoms with E-state index in [1.165, 1.54) is 6.42 Å². The van der Waals surface area contributed by atoms with Gasteiger partial charge >= 0.3 is 11.8 Å². The molecule has 1 aliphatic heterocycles. The van der Waals surface area contributed by atoms with E-state index >= 15 is 0 Å². The van der Waals surface area contributed by atoms with Crippen LogP contribution < -0.4 is 16.0 Å². The van der Waals surface area contributed by atoms with Crippen molar-refractivity contribution in [2.24, 2.45) is 17.8 Å². The molecule has 35 heavy (non-hydrogen) atoms. The SMILES string of the molecule is O=C(Nc1nn(C2[C@@H]3CC4C[C@H]2CC(O)(C4)C3)c2c1CNc1[nH]ccc1-2)C(=O)NC1CCCCC1. The Labute approximate surface area is 204 Å². The van der Waals surface area contributed by atoms with Gasteiger partial charge in [0.05, 0.1) is 17.3 Å². The standard InChI is InChI=1S/C26H34N6O3/c33-24(29-17-4-2-1-3-5-17)25(34)30-23-19-13-28-22-18(6-7-27-22)21(19)32(31-23)20-15-8-14-9-16(20)12-26(35,10-14)11-15/h6-7,14-17,20,27-28,35H,1-5,8-13H2,(H,29,33)(H,30,31,34)/t14?,15-,16+,20?,26?. The maximum absolute atomic E-state index is 12.9. The third-order valence-corrected chi connectivity index (χ3v) is 9.30. The second-order valence-corrected chi connectivity index (χ2v) is 11.7. The second-order valence-electron chi connectivity index (χ2n) is 11.7. The number of fused-ring (bicyclic) bond motifs is 3. The Morgan fingerprint density at radius 3 is 2.60 bits per heavy atom. The molecule has 5 fully saturated rings. The molecule has 5 saturated carbocycles. The Kier molecular flexibility index (Phi) is 4.81. The fourth-order valence-corrected chi connectivity index (χ4v) is 8.14. The average molecular weight is 479 g/mol. The van der Waals surface area contributed by atoms with Crippen LogP contribution in [0.2, 0.25) is 0 Å². The molecule has 2 amide bonds. The summed E-state index contributed by atoms with van der Waals surface area (Å²) in [5.41, 5.74) is 2.46.